The van der Waals surface area contributed by atoms with Gasteiger partial charge < -0.3 is 0 Å². The quantitative estimate of drug-likeness (QED) is 0.359. The molecule has 0 radical (unpaired) electrons. The van der Waals surface area contributed by atoms with Crippen molar-refractivity contribution in [3.05, 3.63) is 34.8 Å². The normalized spacial score (nSPS) is 9.86. The fourth-order valence-corrected chi connectivity index (χ4v) is 1.39. The lowest BCUT2D eigenvalue weighted by Crippen LogP contribution is -2.16. The predicted molar refractivity (Wildman–Crippen MR) is 61.4 cm³/mol. The Kier molecular flexibility index (Phi) is 3.06. The number of benzene rings is 1. The fourth-order valence-electron chi connectivity index (χ4n) is 0.871. The molecule has 0 saturated heterocycles. The van der Waals surface area contributed by atoms with Crippen LogP contribution in [0.4, 0.5) is 5.69 Å². The average molecular weight is 201 g/mol. The Hall–Kier alpha value is -1.58. The van der Waals surface area contributed by atoms with Crippen molar-refractivity contribution in [3.8, 4) is 11.5 Å². The molecule has 0 bridgehead atoms. The van der Waals surface area contributed by atoms with E-state index in [0.29, 0.717) is 5.69 Å². The van der Waals surface area contributed by atoms with Crippen LogP contribution in [0, 0.1) is 16.9 Å². The summed E-state index contributed by atoms with van der Waals surface area (Å²) < 4.78 is 0. The molecule has 0 aliphatic carbocycles. The maximum Gasteiger partial charge on any atom is 0.385 e. The van der Waals surface area contributed by atoms with Crippen molar-refractivity contribution in [1.82, 2.24) is 0 Å². The van der Waals surface area contributed by atoms with Crippen LogP contribution in [0.3, 0.4) is 0 Å². The summed E-state index contributed by atoms with van der Waals surface area (Å²) in [5.74, 6) is 3.12. The zero-order valence-electron chi connectivity index (χ0n) is 8.70. The summed E-state index contributed by atoms with van der Waals surface area (Å²) >= 11 is 0. The van der Waals surface area contributed by atoms with E-state index in [9.17, 15) is 0 Å². The standard InChI is InChI=1S/C11H13N2Si/c1-14(2,3)9-8-10-4-6-11(13-12)7-5-10/h4-7H,1-3H3/q+1. The Labute approximate surface area is 85.6 Å². The topological polar surface area (TPSA) is 28.1 Å². The van der Waals surface area contributed by atoms with Crippen LogP contribution in [0.5, 0.6) is 0 Å². The van der Waals surface area contributed by atoms with Gasteiger partial charge in [0.15, 0.2) is 4.98 Å². The van der Waals surface area contributed by atoms with Crippen LogP contribution in [0.2, 0.25) is 19.6 Å². The van der Waals surface area contributed by atoms with Gasteiger partial charge in [-0.25, -0.2) is 0 Å². The van der Waals surface area contributed by atoms with E-state index in [4.69, 9.17) is 5.39 Å². The van der Waals surface area contributed by atoms with Gasteiger partial charge in [-0.1, -0.05) is 25.6 Å². The highest BCUT2D eigenvalue weighted by Gasteiger charge is 2.07. The van der Waals surface area contributed by atoms with Gasteiger partial charge in [-0.3, -0.25) is 0 Å². The van der Waals surface area contributed by atoms with Gasteiger partial charge in [0.25, 0.3) is 0 Å². The van der Waals surface area contributed by atoms with Gasteiger partial charge in [0.1, 0.15) is 8.07 Å². The van der Waals surface area contributed by atoms with Crippen LogP contribution in [0.25, 0.3) is 4.98 Å². The van der Waals surface area contributed by atoms with E-state index in [-0.39, 0.29) is 0 Å². The van der Waals surface area contributed by atoms with E-state index in [2.05, 4.69) is 36.1 Å². The highest BCUT2D eigenvalue weighted by molar-refractivity contribution is 6.83. The van der Waals surface area contributed by atoms with Crippen molar-refractivity contribution in [2.24, 2.45) is 0 Å². The van der Waals surface area contributed by atoms with Gasteiger partial charge in [-0.2, -0.15) is 0 Å². The number of diazo groups is 1. The first-order valence-corrected chi connectivity index (χ1v) is 7.99. The van der Waals surface area contributed by atoms with Crippen LogP contribution in [0.1, 0.15) is 5.56 Å². The molecule has 0 spiro atoms. The Morgan fingerprint density at radius 2 is 1.71 bits per heavy atom. The van der Waals surface area contributed by atoms with Gasteiger partial charge >= 0.3 is 5.69 Å². The van der Waals surface area contributed by atoms with Gasteiger partial charge in [0, 0.05) is 17.7 Å². The van der Waals surface area contributed by atoms with Crippen LogP contribution in [-0.2, 0) is 0 Å². The molecule has 1 aromatic rings. The maximum absolute atomic E-state index is 8.48. The summed E-state index contributed by atoms with van der Waals surface area (Å²) in [4.78, 5) is 3.08. The Morgan fingerprint density at radius 3 is 2.14 bits per heavy atom. The molecule has 0 aromatic heterocycles. The molecule has 1 rings (SSSR count). The van der Waals surface area contributed by atoms with E-state index in [0.717, 1.165) is 5.56 Å². The molecule has 2 nitrogen and oxygen atoms in total. The molecule has 0 heterocycles. The molecule has 0 aliphatic rings. The minimum absolute atomic E-state index is 0.559. The minimum Gasteiger partial charge on any atom is -0.127 e. The first-order valence-electron chi connectivity index (χ1n) is 4.49. The molecule has 14 heavy (non-hydrogen) atoms. The number of hydrogen-bond donors (Lipinski definition) is 0. The molecule has 3 heteroatoms. The Bertz CT molecular complexity index is 410. The first kappa shape index (κ1) is 10.5. The smallest absolute Gasteiger partial charge is 0.127 e. The highest BCUT2D eigenvalue weighted by Crippen LogP contribution is 2.11. The summed E-state index contributed by atoms with van der Waals surface area (Å²) in [5.41, 5.74) is 4.80. The predicted octanol–water partition coefficient (Wildman–Crippen LogP) is 3.40. The van der Waals surface area contributed by atoms with Crippen molar-refractivity contribution in [1.29, 1.82) is 5.39 Å². The third-order valence-corrected chi connectivity index (χ3v) is 2.44. The molecule has 0 atom stereocenters. The van der Waals surface area contributed by atoms with Gasteiger partial charge in [-0.05, 0) is 12.1 Å². The van der Waals surface area contributed by atoms with Crippen LogP contribution in [0.15, 0.2) is 24.3 Å². The average Bonchev–Trinajstić information content (AvgIpc) is 2.14. The summed E-state index contributed by atoms with van der Waals surface area (Å²) in [6, 6.07) is 7.22. The summed E-state index contributed by atoms with van der Waals surface area (Å²) in [7, 11) is -1.30. The van der Waals surface area contributed by atoms with Gasteiger partial charge in [0.2, 0.25) is 5.39 Å². The van der Waals surface area contributed by atoms with Crippen LogP contribution in [-0.4, -0.2) is 8.07 Å². The zero-order valence-corrected chi connectivity index (χ0v) is 9.70. The number of hydrogen-bond acceptors (Lipinski definition) is 1. The molecule has 0 saturated carbocycles. The first-order chi connectivity index (χ1) is 6.51. The summed E-state index contributed by atoms with van der Waals surface area (Å²) in [6.45, 7) is 6.62. The van der Waals surface area contributed by atoms with E-state index in [1.807, 2.05) is 12.1 Å². The SMILES string of the molecule is C[Si](C)(C)C#Cc1ccc([N+]#N)cc1. The number of nitrogens with zero attached hydrogens (tertiary/aromatic N) is 2. The Morgan fingerprint density at radius 1 is 1.14 bits per heavy atom. The molecule has 1 aromatic carbocycles. The van der Waals surface area contributed by atoms with Crippen LogP contribution >= 0.6 is 0 Å². The van der Waals surface area contributed by atoms with Crippen LogP contribution < -0.4 is 0 Å². The van der Waals surface area contributed by atoms with Crippen molar-refractivity contribution in [3.63, 3.8) is 0 Å². The lowest BCUT2D eigenvalue weighted by atomic mass is 10.2. The van der Waals surface area contributed by atoms with Crippen molar-refractivity contribution >= 4 is 13.8 Å². The molecule has 0 unspecified atom stereocenters. The van der Waals surface area contributed by atoms with E-state index in [1.54, 1.807) is 12.1 Å². The van der Waals surface area contributed by atoms with Crippen molar-refractivity contribution < 1.29 is 0 Å². The van der Waals surface area contributed by atoms with Crippen molar-refractivity contribution in [2.75, 3.05) is 0 Å². The molecule has 0 fully saturated rings. The number of rotatable bonds is 0. The molecule has 0 aliphatic heterocycles. The molecule has 0 amide bonds. The maximum atomic E-state index is 8.48. The van der Waals surface area contributed by atoms with E-state index in [1.165, 1.54) is 0 Å². The monoisotopic (exact) mass is 201 g/mol. The third-order valence-electron chi connectivity index (χ3n) is 1.56. The molecular weight excluding hydrogens is 188 g/mol. The fraction of sp³-hybridized carbons (Fsp3) is 0.273. The highest BCUT2D eigenvalue weighted by atomic mass is 28.3. The summed E-state index contributed by atoms with van der Waals surface area (Å²) in [5, 5.41) is 8.48. The Balaban J connectivity index is 2.89. The minimum atomic E-state index is -1.30. The molecule has 70 valence electrons. The van der Waals surface area contributed by atoms with Gasteiger partial charge in [-0.15, -0.1) is 5.54 Å². The lowest BCUT2D eigenvalue weighted by Gasteiger charge is -2.02. The van der Waals surface area contributed by atoms with Gasteiger partial charge in [0.05, 0.1) is 0 Å². The second-order valence-corrected chi connectivity index (χ2v) is 8.90. The second-order valence-electron chi connectivity index (χ2n) is 4.15. The third kappa shape index (κ3) is 3.43. The zero-order chi connectivity index (χ0) is 10.6. The van der Waals surface area contributed by atoms with E-state index < -0.39 is 8.07 Å². The van der Waals surface area contributed by atoms with E-state index >= 15 is 0 Å². The second kappa shape index (κ2) is 4.08. The lowest BCUT2D eigenvalue weighted by molar-refractivity contribution is 1.46. The molecule has 0 N–H and O–H groups in total. The largest absolute Gasteiger partial charge is 0.385 e. The summed E-state index contributed by atoms with van der Waals surface area (Å²) in [6.07, 6.45) is 0. The van der Waals surface area contributed by atoms with Crippen molar-refractivity contribution in [2.45, 2.75) is 19.6 Å². The molecular formula is C11H13N2Si+.